The van der Waals surface area contributed by atoms with Crippen molar-refractivity contribution in [2.45, 2.75) is 12.5 Å². The molecule has 6 heteroatoms. The van der Waals surface area contributed by atoms with Crippen LogP contribution >= 0.6 is 24.0 Å². The van der Waals surface area contributed by atoms with E-state index < -0.39 is 0 Å². The third-order valence-corrected chi connectivity index (χ3v) is 5.39. The normalized spacial score (nSPS) is 22.1. The molecular weight excluding hydrogens is 371 g/mol. The standard InChI is InChI=1S/C20H23ClN2O2.ClH/c21-18-8-14(9-19-20(18)25-7-6-24-19)11-23-12-16(10-22)17(13-23)15-4-2-1-3-5-15;/h1-5,8-9,16-17H,6-7,10-13,22H2;1H/t16-,17+;/m1./s1. The minimum absolute atomic E-state index is 0. The van der Waals surface area contributed by atoms with Gasteiger partial charge in [-0.05, 0) is 35.7 Å². The summed E-state index contributed by atoms with van der Waals surface area (Å²) in [4.78, 5) is 2.46. The van der Waals surface area contributed by atoms with Crippen LogP contribution in [0.25, 0.3) is 0 Å². The lowest BCUT2D eigenvalue weighted by molar-refractivity contribution is 0.171. The van der Waals surface area contributed by atoms with Crippen LogP contribution in [0.1, 0.15) is 17.0 Å². The fraction of sp³-hybridized carbons (Fsp3) is 0.400. The predicted molar refractivity (Wildman–Crippen MR) is 107 cm³/mol. The molecular formula is C20H24Cl2N2O2. The highest BCUT2D eigenvalue weighted by molar-refractivity contribution is 6.32. The van der Waals surface area contributed by atoms with E-state index >= 15 is 0 Å². The van der Waals surface area contributed by atoms with Crippen molar-refractivity contribution in [3.05, 3.63) is 58.6 Å². The van der Waals surface area contributed by atoms with Crippen molar-refractivity contribution in [1.29, 1.82) is 0 Å². The van der Waals surface area contributed by atoms with Crippen molar-refractivity contribution in [2.75, 3.05) is 32.8 Å². The van der Waals surface area contributed by atoms with Gasteiger partial charge < -0.3 is 15.2 Å². The van der Waals surface area contributed by atoms with Crippen LogP contribution in [0.15, 0.2) is 42.5 Å². The third kappa shape index (κ3) is 3.94. The number of ether oxygens (including phenoxy) is 2. The average Bonchev–Trinajstić information content (AvgIpc) is 3.05. The van der Waals surface area contributed by atoms with Crippen molar-refractivity contribution in [3.8, 4) is 11.5 Å². The second kappa shape index (κ2) is 8.49. The summed E-state index contributed by atoms with van der Waals surface area (Å²) in [6.07, 6.45) is 0. The molecule has 0 bridgehead atoms. The average molecular weight is 395 g/mol. The Labute approximate surface area is 165 Å². The van der Waals surface area contributed by atoms with Crippen LogP contribution in [0.3, 0.4) is 0 Å². The van der Waals surface area contributed by atoms with Crippen LogP contribution in [0, 0.1) is 5.92 Å². The smallest absolute Gasteiger partial charge is 0.179 e. The molecule has 2 N–H and O–H groups in total. The summed E-state index contributed by atoms with van der Waals surface area (Å²) in [5, 5.41) is 0.626. The molecule has 4 nitrogen and oxygen atoms in total. The van der Waals surface area contributed by atoms with E-state index in [2.05, 4.69) is 35.2 Å². The number of nitrogens with zero attached hydrogens (tertiary/aromatic N) is 1. The van der Waals surface area contributed by atoms with Crippen molar-refractivity contribution < 1.29 is 9.47 Å². The van der Waals surface area contributed by atoms with Crippen molar-refractivity contribution in [2.24, 2.45) is 11.7 Å². The highest BCUT2D eigenvalue weighted by Gasteiger charge is 2.33. The Morgan fingerprint density at radius 3 is 2.62 bits per heavy atom. The maximum Gasteiger partial charge on any atom is 0.179 e. The molecule has 0 saturated carbocycles. The molecule has 4 rings (SSSR count). The maximum absolute atomic E-state index is 6.37. The number of nitrogens with two attached hydrogens (primary N) is 1. The van der Waals surface area contributed by atoms with E-state index in [-0.39, 0.29) is 12.4 Å². The van der Waals surface area contributed by atoms with Crippen LogP contribution in [-0.2, 0) is 6.54 Å². The third-order valence-electron chi connectivity index (χ3n) is 5.11. The van der Waals surface area contributed by atoms with Crippen LogP contribution in [0.2, 0.25) is 5.02 Å². The van der Waals surface area contributed by atoms with Crippen molar-refractivity contribution in [1.82, 2.24) is 4.90 Å². The molecule has 2 heterocycles. The number of hydrogen-bond donors (Lipinski definition) is 1. The molecule has 1 fully saturated rings. The molecule has 2 aliphatic heterocycles. The molecule has 2 aromatic carbocycles. The zero-order valence-corrected chi connectivity index (χ0v) is 16.1. The molecule has 1 saturated heterocycles. The second-order valence-corrected chi connectivity index (χ2v) is 7.22. The summed E-state index contributed by atoms with van der Waals surface area (Å²) < 4.78 is 11.3. The summed E-state index contributed by atoms with van der Waals surface area (Å²) in [6, 6.07) is 14.7. The van der Waals surface area contributed by atoms with Gasteiger partial charge in [-0.3, -0.25) is 4.90 Å². The van der Waals surface area contributed by atoms with Gasteiger partial charge in [0.05, 0.1) is 5.02 Å². The Kier molecular flexibility index (Phi) is 6.30. The van der Waals surface area contributed by atoms with Gasteiger partial charge in [0.2, 0.25) is 0 Å². The quantitative estimate of drug-likeness (QED) is 0.858. The summed E-state index contributed by atoms with van der Waals surface area (Å²) in [5.41, 5.74) is 8.58. The number of likely N-dealkylation sites (tertiary alicyclic amines) is 1. The van der Waals surface area contributed by atoms with Gasteiger partial charge in [-0.25, -0.2) is 0 Å². The highest BCUT2D eigenvalue weighted by Crippen LogP contribution is 2.39. The van der Waals surface area contributed by atoms with Gasteiger partial charge in [0.25, 0.3) is 0 Å². The molecule has 2 atom stereocenters. The molecule has 26 heavy (non-hydrogen) atoms. The Bertz CT molecular complexity index is 742. The molecule has 0 amide bonds. The van der Waals surface area contributed by atoms with E-state index in [1.807, 2.05) is 12.1 Å². The first-order chi connectivity index (χ1) is 12.2. The zero-order chi connectivity index (χ0) is 17.2. The number of halogens is 2. The van der Waals surface area contributed by atoms with Gasteiger partial charge >= 0.3 is 0 Å². The molecule has 140 valence electrons. The summed E-state index contributed by atoms with van der Waals surface area (Å²) in [6.45, 7) is 4.69. The number of hydrogen-bond acceptors (Lipinski definition) is 4. The first kappa shape index (κ1) is 19.3. The number of benzene rings is 2. The van der Waals surface area contributed by atoms with E-state index in [9.17, 15) is 0 Å². The van der Waals surface area contributed by atoms with Crippen molar-refractivity contribution in [3.63, 3.8) is 0 Å². The van der Waals surface area contributed by atoms with Gasteiger partial charge in [0.15, 0.2) is 11.5 Å². The minimum atomic E-state index is 0. The fourth-order valence-corrected chi connectivity index (χ4v) is 4.21. The summed E-state index contributed by atoms with van der Waals surface area (Å²) in [5.74, 6) is 2.39. The molecule has 0 spiro atoms. The first-order valence-electron chi connectivity index (χ1n) is 8.80. The molecule has 0 radical (unpaired) electrons. The Morgan fingerprint density at radius 1 is 1.08 bits per heavy atom. The Morgan fingerprint density at radius 2 is 1.85 bits per heavy atom. The molecule has 2 aliphatic rings. The predicted octanol–water partition coefficient (Wildman–Crippen LogP) is 3.71. The summed E-state index contributed by atoms with van der Waals surface area (Å²) in [7, 11) is 0. The largest absolute Gasteiger partial charge is 0.486 e. The van der Waals surface area contributed by atoms with Crippen LogP contribution in [0.5, 0.6) is 11.5 Å². The van der Waals surface area contributed by atoms with E-state index in [4.69, 9.17) is 26.8 Å². The lowest BCUT2D eigenvalue weighted by Crippen LogP contribution is -2.23. The SMILES string of the molecule is Cl.NC[C@@H]1CN(Cc2cc(Cl)c3c(c2)OCCO3)C[C@H]1c1ccccc1. The van der Waals surface area contributed by atoms with E-state index in [0.717, 1.165) is 30.9 Å². The molecule has 0 unspecified atom stereocenters. The van der Waals surface area contributed by atoms with E-state index in [1.165, 1.54) is 5.56 Å². The maximum atomic E-state index is 6.37. The minimum Gasteiger partial charge on any atom is -0.486 e. The van der Waals surface area contributed by atoms with Crippen LogP contribution < -0.4 is 15.2 Å². The van der Waals surface area contributed by atoms with Crippen LogP contribution in [-0.4, -0.2) is 37.7 Å². The van der Waals surface area contributed by atoms with Crippen molar-refractivity contribution >= 4 is 24.0 Å². The second-order valence-electron chi connectivity index (χ2n) is 6.81. The highest BCUT2D eigenvalue weighted by atomic mass is 35.5. The Hall–Kier alpha value is -1.46. The topological polar surface area (TPSA) is 47.7 Å². The van der Waals surface area contributed by atoms with Gasteiger partial charge in [0, 0.05) is 25.6 Å². The lowest BCUT2D eigenvalue weighted by atomic mass is 9.89. The molecule has 0 aliphatic carbocycles. The monoisotopic (exact) mass is 394 g/mol. The van der Waals surface area contributed by atoms with Gasteiger partial charge in [0.1, 0.15) is 13.2 Å². The van der Waals surface area contributed by atoms with Gasteiger partial charge in [-0.1, -0.05) is 41.9 Å². The molecule has 2 aromatic rings. The number of rotatable bonds is 4. The van der Waals surface area contributed by atoms with E-state index in [1.54, 1.807) is 0 Å². The fourth-order valence-electron chi connectivity index (χ4n) is 3.92. The first-order valence-corrected chi connectivity index (χ1v) is 9.18. The van der Waals surface area contributed by atoms with Gasteiger partial charge in [-0.15, -0.1) is 12.4 Å². The molecule has 0 aromatic heterocycles. The zero-order valence-electron chi connectivity index (χ0n) is 14.6. The van der Waals surface area contributed by atoms with Crippen LogP contribution in [0.4, 0.5) is 0 Å². The van der Waals surface area contributed by atoms with Gasteiger partial charge in [-0.2, -0.15) is 0 Å². The number of fused-ring (bicyclic) bond motifs is 1. The van der Waals surface area contributed by atoms with E-state index in [0.29, 0.717) is 42.4 Å². The Balaban J connectivity index is 0.00000196. The lowest BCUT2D eigenvalue weighted by Gasteiger charge is -2.22. The summed E-state index contributed by atoms with van der Waals surface area (Å²) >= 11 is 6.37.